The number of carbonyl (C=O) groups is 1. The summed E-state index contributed by atoms with van der Waals surface area (Å²) >= 11 is 0. The number of hydrogen-bond acceptors (Lipinski definition) is 5. The van der Waals surface area contributed by atoms with E-state index >= 15 is 0 Å². The third kappa shape index (κ3) is 3.29. The molecule has 0 aliphatic carbocycles. The Bertz CT molecular complexity index is 648. The molecule has 22 heavy (non-hydrogen) atoms. The topological polar surface area (TPSA) is 75.5 Å². The monoisotopic (exact) mass is 299 g/mol. The Labute approximate surface area is 128 Å². The number of carboxylic acid groups (broad SMARTS) is 1. The minimum atomic E-state index is -1.03. The van der Waals surface area contributed by atoms with E-state index in [-0.39, 0.29) is 11.7 Å². The van der Waals surface area contributed by atoms with Gasteiger partial charge in [0.05, 0.1) is 12.3 Å². The largest absolute Gasteiger partial charge is 0.478 e. The van der Waals surface area contributed by atoms with E-state index in [0.717, 1.165) is 13.1 Å². The zero-order valence-corrected chi connectivity index (χ0v) is 12.1. The van der Waals surface area contributed by atoms with Gasteiger partial charge in [-0.2, -0.15) is 0 Å². The van der Waals surface area contributed by atoms with E-state index < -0.39 is 5.97 Å². The molecule has 1 saturated heterocycles. The third-order valence-electron chi connectivity index (χ3n) is 3.68. The van der Waals surface area contributed by atoms with Crippen LogP contribution in [0.15, 0.2) is 42.9 Å². The Hall–Kier alpha value is -2.31. The molecule has 1 aliphatic heterocycles. The molecule has 0 spiro atoms. The second kappa shape index (κ2) is 6.64. The first-order valence-electron chi connectivity index (χ1n) is 7.15. The van der Waals surface area contributed by atoms with Gasteiger partial charge in [-0.15, -0.1) is 0 Å². The Morgan fingerprint density at radius 2 is 2.18 bits per heavy atom. The van der Waals surface area contributed by atoms with E-state index in [2.05, 4.69) is 27.0 Å². The van der Waals surface area contributed by atoms with Crippen molar-refractivity contribution in [2.45, 2.75) is 12.6 Å². The molecule has 0 radical (unpaired) electrons. The summed E-state index contributed by atoms with van der Waals surface area (Å²) in [6, 6.07) is 10.2. The summed E-state index contributed by atoms with van der Waals surface area (Å²) in [5.41, 5.74) is 1.78. The van der Waals surface area contributed by atoms with Crippen molar-refractivity contribution in [3.63, 3.8) is 0 Å². The van der Waals surface area contributed by atoms with Crippen molar-refractivity contribution in [3.8, 4) is 0 Å². The summed E-state index contributed by atoms with van der Waals surface area (Å²) in [5, 5.41) is 9.25. The van der Waals surface area contributed by atoms with Crippen molar-refractivity contribution in [1.82, 2.24) is 14.9 Å². The Balaban J connectivity index is 1.75. The van der Waals surface area contributed by atoms with Gasteiger partial charge in [-0.05, 0) is 5.56 Å². The lowest BCUT2D eigenvalue weighted by Crippen LogP contribution is -2.38. The molecule has 1 fully saturated rings. The van der Waals surface area contributed by atoms with Gasteiger partial charge in [-0.3, -0.25) is 4.90 Å². The molecule has 3 rings (SSSR count). The fraction of sp³-hybridized carbons (Fsp3) is 0.312. The van der Waals surface area contributed by atoms with E-state index in [4.69, 9.17) is 4.74 Å². The quantitative estimate of drug-likeness (QED) is 0.927. The third-order valence-corrected chi connectivity index (χ3v) is 3.68. The highest BCUT2D eigenvalue weighted by Crippen LogP contribution is 2.24. The van der Waals surface area contributed by atoms with Crippen LogP contribution in [0.25, 0.3) is 0 Å². The van der Waals surface area contributed by atoms with Gasteiger partial charge in [0.1, 0.15) is 18.0 Å². The van der Waals surface area contributed by atoms with Gasteiger partial charge < -0.3 is 9.84 Å². The number of ether oxygens (including phenoxy) is 1. The van der Waals surface area contributed by atoms with Crippen molar-refractivity contribution in [3.05, 3.63) is 59.7 Å². The first-order chi connectivity index (χ1) is 10.7. The van der Waals surface area contributed by atoms with Crippen LogP contribution >= 0.6 is 0 Å². The maximum absolute atomic E-state index is 11.3. The van der Waals surface area contributed by atoms with Crippen LogP contribution in [0.2, 0.25) is 0 Å². The summed E-state index contributed by atoms with van der Waals surface area (Å²) in [4.78, 5) is 21.4. The summed E-state index contributed by atoms with van der Waals surface area (Å²) in [6.45, 7) is 2.81. The highest BCUT2D eigenvalue weighted by atomic mass is 16.5. The standard InChI is InChI=1S/C16H17N3O3/c20-16(21)13-8-17-11-18-15(13)14-10-19(6-7-22-14)9-12-4-2-1-3-5-12/h1-5,8,11,14H,6-7,9-10H2,(H,20,21)/t14-/m1/s1. The Kier molecular flexibility index (Phi) is 4.41. The maximum Gasteiger partial charge on any atom is 0.339 e. The van der Waals surface area contributed by atoms with Crippen LogP contribution in [0.1, 0.15) is 27.7 Å². The smallest absolute Gasteiger partial charge is 0.339 e. The number of hydrogen-bond donors (Lipinski definition) is 1. The van der Waals surface area contributed by atoms with Gasteiger partial charge >= 0.3 is 5.97 Å². The van der Waals surface area contributed by atoms with Crippen molar-refractivity contribution in [2.24, 2.45) is 0 Å². The molecule has 6 heteroatoms. The molecule has 1 N–H and O–H groups in total. The van der Waals surface area contributed by atoms with Crippen LogP contribution in [0.5, 0.6) is 0 Å². The van der Waals surface area contributed by atoms with Gasteiger partial charge in [0.15, 0.2) is 0 Å². The average Bonchev–Trinajstić information content (AvgIpc) is 2.56. The molecule has 6 nitrogen and oxygen atoms in total. The molecular weight excluding hydrogens is 282 g/mol. The zero-order valence-electron chi connectivity index (χ0n) is 12.1. The first-order valence-corrected chi connectivity index (χ1v) is 7.15. The minimum absolute atomic E-state index is 0.106. The van der Waals surface area contributed by atoms with Crippen molar-refractivity contribution in [1.29, 1.82) is 0 Å². The Morgan fingerprint density at radius 3 is 2.95 bits per heavy atom. The van der Waals surface area contributed by atoms with Crippen molar-refractivity contribution in [2.75, 3.05) is 19.7 Å². The van der Waals surface area contributed by atoms with E-state index in [1.807, 2.05) is 18.2 Å². The molecule has 0 saturated carbocycles. The minimum Gasteiger partial charge on any atom is -0.478 e. The van der Waals surface area contributed by atoms with Gasteiger partial charge in [0.2, 0.25) is 0 Å². The van der Waals surface area contributed by atoms with E-state index in [9.17, 15) is 9.90 Å². The van der Waals surface area contributed by atoms with Crippen LogP contribution in [-0.4, -0.2) is 45.6 Å². The van der Waals surface area contributed by atoms with Gasteiger partial charge in [-0.1, -0.05) is 30.3 Å². The highest BCUT2D eigenvalue weighted by molar-refractivity contribution is 5.88. The molecule has 1 atom stereocenters. The number of aromatic carboxylic acids is 1. The lowest BCUT2D eigenvalue weighted by molar-refractivity contribution is -0.0355. The molecule has 2 aromatic rings. The summed E-state index contributed by atoms with van der Waals surface area (Å²) < 4.78 is 5.73. The van der Waals surface area contributed by atoms with E-state index in [1.54, 1.807) is 0 Å². The van der Waals surface area contributed by atoms with E-state index in [1.165, 1.54) is 18.1 Å². The summed E-state index contributed by atoms with van der Waals surface area (Å²) in [5.74, 6) is -1.03. The highest BCUT2D eigenvalue weighted by Gasteiger charge is 2.27. The second-order valence-electron chi connectivity index (χ2n) is 5.21. The van der Waals surface area contributed by atoms with Crippen LogP contribution in [-0.2, 0) is 11.3 Å². The second-order valence-corrected chi connectivity index (χ2v) is 5.21. The average molecular weight is 299 g/mol. The molecule has 0 bridgehead atoms. The molecule has 0 unspecified atom stereocenters. The fourth-order valence-corrected chi connectivity index (χ4v) is 2.61. The molecule has 2 heterocycles. The van der Waals surface area contributed by atoms with Crippen LogP contribution in [0.4, 0.5) is 0 Å². The van der Waals surface area contributed by atoms with Crippen LogP contribution in [0, 0.1) is 0 Å². The number of aromatic nitrogens is 2. The molecule has 114 valence electrons. The molecule has 1 aromatic heterocycles. The van der Waals surface area contributed by atoms with Crippen LogP contribution < -0.4 is 0 Å². The molecule has 1 aromatic carbocycles. The molecular formula is C16H17N3O3. The number of benzene rings is 1. The predicted molar refractivity (Wildman–Crippen MR) is 79.4 cm³/mol. The van der Waals surface area contributed by atoms with Crippen LogP contribution in [0.3, 0.4) is 0 Å². The lowest BCUT2D eigenvalue weighted by atomic mass is 10.1. The number of nitrogens with zero attached hydrogens (tertiary/aromatic N) is 3. The first kappa shape index (κ1) is 14.6. The number of morpholine rings is 1. The number of carboxylic acids is 1. The fourth-order valence-electron chi connectivity index (χ4n) is 2.61. The maximum atomic E-state index is 11.3. The van der Waals surface area contributed by atoms with E-state index in [0.29, 0.717) is 18.8 Å². The summed E-state index contributed by atoms with van der Waals surface area (Å²) in [7, 11) is 0. The SMILES string of the molecule is O=C(O)c1cncnc1[C@H]1CN(Cc2ccccc2)CCO1. The lowest BCUT2D eigenvalue weighted by Gasteiger charge is -2.33. The Morgan fingerprint density at radius 1 is 1.36 bits per heavy atom. The molecule has 0 amide bonds. The normalized spacial score (nSPS) is 19.0. The van der Waals surface area contributed by atoms with Gasteiger partial charge in [-0.25, -0.2) is 14.8 Å². The van der Waals surface area contributed by atoms with Crippen molar-refractivity contribution < 1.29 is 14.6 Å². The van der Waals surface area contributed by atoms with Crippen molar-refractivity contribution >= 4 is 5.97 Å². The van der Waals surface area contributed by atoms with Gasteiger partial charge in [0, 0.05) is 25.8 Å². The van der Waals surface area contributed by atoms with Gasteiger partial charge in [0.25, 0.3) is 0 Å². The molecule has 1 aliphatic rings. The zero-order chi connectivity index (χ0) is 15.4. The number of rotatable bonds is 4. The predicted octanol–water partition coefficient (Wildman–Crippen LogP) is 1.75. The summed E-state index contributed by atoms with van der Waals surface area (Å²) in [6.07, 6.45) is 2.34.